The number of fused-ring (bicyclic) bond motifs is 1. The first kappa shape index (κ1) is 13.7. The number of carbonyl (C=O) groups is 1. The third-order valence-electron chi connectivity index (χ3n) is 2.82. The predicted octanol–water partition coefficient (Wildman–Crippen LogP) is 1.86. The highest BCUT2D eigenvalue weighted by molar-refractivity contribution is 6.03. The van der Waals surface area contributed by atoms with Crippen LogP contribution in [0.1, 0.15) is 5.56 Å². The Balaban J connectivity index is 2.56. The van der Waals surface area contributed by atoms with Crippen molar-refractivity contribution in [2.75, 3.05) is 14.2 Å². The molecule has 0 bridgehead atoms. The average Bonchev–Trinajstić information content (AvgIpc) is 2.46. The van der Waals surface area contributed by atoms with Crippen molar-refractivity contribution in [2.24, 2.45) is 10.8 Å². The highest BCUT2D eigenvalue weighted by Crippen LogP contribution is 2.29. The van der Waals surface area contributed by atoms with Gasteiger partial charge < -0.3 is 15.2 Å². The number of nitrogens with two attached hydrogens (primary N) is 1. The van der Waals surface area contributed by atoms with Crippen molar-refractivity contribution in [1.82, 2.24) is 5.43 Å². The molecule has 0 saturated heterocycles. The first-order chi connectivity index (χ1) is 9.65. The zero-order chi connectivity index (χ0) is 14.5. The highest BCUT2D eigenvalue weighted by atomic mass is 16.5. The van der Waals surface area contributed by atoms with Gasteiger partial charge in [-0.05, 0) is 29.0 Å². The number of benzene rings is 2. The summed E-state index contributed by atoms with van der Waals surface area (Å²) in [4.78, 5) is 10.7. The molecule has 0 radical (unpaired) electrons. The molecule has 0 aliphatic carbocycles. The monoisotopic (exact) mass is 273 g/mol. The summed E-state index contributed by atoms with van der Waals surface area (Å²) < 4.78 is 10.5. The molecule has 0 aliphatic heterocycles. The van der Waals surface area contributed by atoms with Crippen LogP contribution in [0, 0.1) is 0 Å². The van der Waals surface area contributed by atoms with Crippen LogP contribution in [-0.2, 0) is 0 Å². The molecule has 0 saturated carbocycles. The van der Waals surface area contributed by atoms with E-state index in [0.29, 0.717) is 5.75 Å². The number of amides is 2. The lowest BCUT2D eigenvalue weighted by molar-refractivity contribution is 0.249. The van der Waals surface area contributed by atoms with Gasteiger partial charge in [-0.2, -0.15) is 5.10 Å². The minimum absolute atomic E-state index is 0.640. The minimum atomic E-state index is -0.724. The second-order valence-corrected chi connectivity index (χ2v) is 4.00. The standard InChI is InChI=1S/C14H15N3O3/c1-19-10-5-3-9-4-6-13(20-2)12(11(9)7-10)8-16-17-14(15)18/h3-8H,1-2H3,(H3,15,17,18). The molecule has 2 aromatic carbocycles. The van der Waals surface area contributed by atoms with Crippen LogP contribution in [0.5, 0.6) is 11.5 Å². The number of rotatable bonds is 4. The van der Waals surface area contributed by atoms with Crippen molar-refractivity contribution in [3.63, 3.8) is 0 Å². The number of hydrogen-bond donors (Lipinski definition) is 2. The Morgan fingerprint density at radius 1 is 1.25 bits per heavy atom. The summed E-state index contributed by atoms with van der Waals surface area (Å²) in [5.74, 6) is 1.36. The van der Waals surface area contributed by atoms with E-state index in [1.165, 1.54) is 6.21 Å². The molecule has 20 heavy (non-hydrogen) atoms. The normalized spacial score (nSPS) is 10.7. The Morgan fingerprint density at radius 2 is 2.00 bits per heavy atom. The van der Waals surface area contributed by atoms with Crippen molar-refractivity contribution < 1.29 is 14.3 Å². The van der Waals surface area contributed by atoms with Crippen LogP contribution in [0.3, 0.4) is 0 Å². The Kier molecular flexibility index (Phi) is 4.05. The maximum Gasteiger partial charge on any atom is 0.332 e. The van der Waals surface area contributed by atoms with Crippen molar-refractivity contribution >= 4 is 23.0 Å². The van der Waals surface area contributed by atoms with Crippen LogP contribution in [0.25, 0.3) is 10.8 Å². The molecule has 3 N–H and O–H groups in total. The van der Waals surface area contributed by atoms with E-state index in [1.807, 2.05) is 30.3 Å². The Morgan fingerprint density at radius 3 is 2.65 bits per heavy atom. The van der Waals surface area contributed by atoms with Gasteiger partial charge in [-0.25, -0.2) is 10.2 Å². The van der Waals surface area contributed by atoms with E-state index >= 15 is 0 Å². The first-order valence-corrected chi connectivity index (χ1v) is 5.89. The molecule has 6 nitrogen and oxygen atoms in total. The fourth-order valence-corrected chi connectivity index (χ4v) is 1.90. The Hall–Kier alpha value is -2.76. The average molecular weight is 273 g/mol. The smallest absolute Gasteiger partial charge is 0.332 e. The fraction of sp³-hybridized carbons (Fsp3) is 0.143. The molecule has 2 amide bonds. The lowest BCUT2D eigenvalue weighted by atomic mass is 10.0. The molecule has 6 heteroatoms. The number of hydrogen-bond acceptors (Lipinski definition) is 4. The lowest BCUT2D eigenvalue weighted by Crippen LogP contribution is -2.24. The van der Waals surface area contributed by atoms with Gasteiger partial charge in [0.1, 0.15) is 11.5 Å². The third-order valence-corrected chi connectivity index (χ3v) is 2.82. The number of primary amides is 1. The van der Waals surface area contributed by atoms with Crippen LogP contribution in [0.4, 0.5) is 4.79 Å². The van der Waals surface area contributed by atoms with E-state index in [4.69, 9.17) is 15.2 Å². The zero-order valence-corrected chi connectivity index (χ0v) is 11.2. The van der Waals surface area contributed by atoms with Crippen molar-refractivity contribution in [3.8, 4) is 11.5 Å². The van der Waals surface area contributed by atoms with Gasteiger partial charge in [0, 0.05) is 5.56 Å². The van der Waals surface area contributed by atoms with Crippen molar-refractivity contribution in [2.45, 2.75) is 0 Å². The third kappa shape index (κ3) is 2.80. The van der Waals surface area contributed by atoms with Gasteiger partial charge in [0.05, 0.1) is 20.4 Å². The largest absolute Gasteiger partial charge is 0.497 e. The summed E-state index contributed by atoms with van der Waals surface area (Å²) in [6.07, 6.45) is 1.49. The van der Waals surface area contributed by atoms with E-state index < -0.39 is 6.03 Å². The minimum Gasteiger partial charge on any atom is -0.497 e. The number of nitrogens with one attached hydrogen (secondary N) is 1. The van der Waals surface area contributed by atoms with E-state index in [2.05, 4.69) is 10.5 Å². The number of urea groups is 1. The van der Waals surface area contributed by atoms with Gasteiger partial charge in [-0.3, -0.25) is 0 Å². The van der Waals surface area contributed by atoms with E-state index in [1.54, 1.807) is 14.2 Å². The molecule has 2 rings (SSSR count). The second kappa shape index (κ2) is 5.92. The van der Waals surface area contributed by atoms with Crippen LogP contribution in [-0.4, -0.2) is 26.5 Å². The number of carbonyl (C=O) groups excluding carboxylic acids is 1. The van der Waals surface area contributed by atoms with Crippen LogP contribution >= 0.6 is 0 Å². The summed E-state index contributed by atoms with van der Waals surface area (Å²) in [6, 6.07) is 8.73. The molecular formula is C14H15N3O3. The molecule has 0 atom stereocenters. The molecule has 0 unspecified atom stereocenters. The van der Waals surface area contributed by atoms with E-state index in [-0.39, 0.29) is 0 Å². The number of ether oxygens (including phenoxy) is 2. The molecule has 0 heterocycles. The fourth-order valence-electron chi connectivity index (χ4n) is 1.90. The molecule has 0 fully saturated rings. The predicted molar refractivity (Wildman–Crippen MR) is 77.4 cm³/mol. The molecule has 104 valence electrons. The Labute approximate surface area is 116 Å². The summed E-state index contributed by atoms with van der Waals surface area (Å²) >= 11 is 0. The number of nitrogens with zero attached hydrogens (tertiary/aromatic N) is 1. The van der Waals surface area contributed by atoms with E-state index in [9.17, 15) is 4.79 Å². The molecule has 2 aromatic rings. The summed E-state index contributed by atoms with van der Waals surface area (Å²) in [5.41, 5.74) is 7.86. The van der Waals surface area contributed by atoms with Gasteiger partial charge in [0.25, 0.3) is 0 Å². The SMILES string of the molecule is COc1ccc2ccc(OC)c(C=NNC(N)=O)c2c1. The quantitative estimate of drug-likeness (QED) is 0.658. The van der Waals surface area contributed by atoms with Crippen LogP contribution in [0.15, 0.2) is 35.4 Å². The first-order valence-electron chi connectivity index (χ1n) is 5.89. The second-order valence-electron chi connectivity index (χ2n) is 4.00. The number of hydrazone groups is 1. The van der Waals surface area contributed by atoms with Crippen LogP contribution < -0.4 is 20.6 Å². The summed E-state index contributed by atoms with van der Waals surface area (Å²) in [7, 11) is 3.17. The topological polar surface area (TPSA) is 85.9 Å². The molecule has 0 spiro atoms. The zero-order valence-electron chi connectivity index (χ0n) is 11.2. The van der Waals surface area contributed by atoms with Crippen molar-refractivity contribution in [1.29, 1.82) is 0 Å². The summed E-state index contributed by atoms with van der Waals surface area (Å²) in [6.45, 7) is 0. The van der Waals surface area contributed by atoms with Gasteiger partial charge in [0.15, 0.2) is 0 Å². The maximum absolute atomic E-state index is 10.7. The van der Waals surface area contributed by atoms with Gasteiger partial charge in [0.2, 0.25) is 0 Å². The molecular weight excluding hydrogens is 258 g/mol. The molecule has 0 aliphatic rings. The highest BCUT2D eigenvalue weighted by Gasteiger charge is 2.07. The van der Waals surface area contributed by atoms with Gasteiger partial charge >= 0.3 is 6.03 Å². The van der Waals surface area contributed by atoms with E-state index in [0.717, 1.165) is 22.1 Å². The number of methoxy groups -OCH3 is 2. The van der Waals surface area contributed by atoms with Crippen molar-refractivity contribution in [3.05, 3.63) is 35.9 Å². The molecule has 0 aromatic heterocycles. The van der Waals surface area contributed by atoms with Gasteiger partial charge in [-0.15, -0.1) is 0 Å². The maximum atomic E-state index is 10.7. The van der Waals surface area contributed by atoms with Crippen LogP contribution in [0.2, 0.25) is 0 Å². The Bertz CT molecular complexity index is 663. The lowest BCUT2D eigenvalue weighted by Gasteiger charge is -2.09. The summed E-state index contributed by atoms with van der Waals surface area (Å²) in [5, 5.41) is 5.69. The van der Waals surface area contributed by atoms with Gasteiger partial charge in [-0.1, -0.05) is 12.1 Å².